The Bertz CT molecular complexity index is 393. The van der Waals surface area contributed by atoms with Gasteiger partial charge in [-0.25, -0.2) is 4.39 Å². The summed E-state index contributed by atoms with van der Waals surface area (Å²) in [6.45, 7) is 0.729. The van der Waals surface area contributed by atoms with Gasteiger partial charge in [-0.05, 0) is 30.7 Å². The van der Waals surface area contributed by atoms with E-state index in [1.807, 2.05) is 0 Å². The van der Waals surface area contributed by atoms with Crippen molar-refractivity contribution >= 4 is 7.37 Å². The van der Waals surface area contributed by atoms with E-state index < -0.39 is 13.2 Å². The van der Waals surface area contributed by atoms with Crippen LogP contribution in [-0.2, 0) is 4.57 Å². The molecule has 0 amide bonds. The first-order valence-electron chi connectivity index (χ1n) is 4.90. The molecule has 0 bridgehead atoms. The van der Waals surface area contributed by atoms with Gasteiger partial charge in [-0.15, -0.1) is 0 Å². The molecular formula is C10H13FNO2P. The van der Waals surface area contributed by atoms with Crippen LogP contribution in [0.4, 0.5) is 4.39 Å². The zero-order chi connectivity index (χ0) is 10.9. The molecule has 1 fully saturated rings. The first-order chi connectivity index (χ1) is 7.09. The van der Waals surface area contributed by atoms with Crippen molar-refractivity contribution in [2.24, 2.45) is 0 Å². The normalized spacial score (nSPS) is 31.5. The Morgan fingerprint density at radius 2 is 2.07 bits per heavy atom. The van der Waals surface area contributed by atoms with E-state index in [9.17, 15) is 13.8 Å². The SMILES string of the molecule is O=P1(O)CCCNC1c1ccc(F)cc1. The Labute approximate surface area is 87.8 Å². The lowest BCUT2D eigenvalue weighted by atomic mass is 10.2. The third-order valence-electron chi connectivity index (χ3n) is 2.58. The van der Waals surface area contributed by atoms with E-state index in [-0.39, 0.29) is 5.82 Å². The van der Waals surface area contributed by atoms with E-state index in [0.29, 0.717) is 18.1 Å². The number of nitrogens with one attached hydrogen (secondary N) is 1. The van der Waals surface area contributed by atoms with Crippen LogP contribution in [0.3, 0.4) is 0 Å². The third kappa shape index (κ3) is 2.28. The molecule has 0 aliphatic carbocycles. The largest absolute Gasteiger partial charge is 0.343 e. The lowest BCUT2D eigenvalue weighted by molar-refractivity contribution is 0.430. The molecule has 15 heavy (non-hydrogen) atoms. The smallest absolute Gasteiger partial charge is 0.221 e. The van der Waals surface area contributed by atoms with Crippen molar-refractivity contribution < 1.29 is 13.8 Å². The fourth-order valence-electron chi connectivity index (χ4n) is 1.81. The summed E-state index contributed by atoms with van der Waals surface area (Å²) in [5, 5.41) is 3.01. The molecule has 3 nitrogen and oxygen atoms in total. The molecule has 2 unspecified atom stereocenters. The van der Waals surface area contributed by atoms with Gasteiger partial charge in [0, 0.05) is 6.16 Å². The number of hydrogen-bond donors (Lipinski definition) is 2. The maximum Gasteiger partial charge on any atom is 0.221 e. The summed E-state index contributed by atoms with van der Waals surface area (Å²) in [6.07, 6.45) is 1.05. The van der Waals surface area contributed by atoms with E-state index >= 15 is 0 Å². The molecule has 0 spiro atoms. The van der Waals surface area contributed by atoms with Gasteiger partial charge >= 0.3 is 0 Å². The summed E-state index contributed by atoms with van der Waals surface area (Å²) in [5.74, 6) is -0.866. The molecule has 2 rings (SSSR count). The molecule has 1 saturated heterocycles. The van der Waals surface area contributed by atoms with Gasteiger partial charge in [0.1, 0.15) is 11.6 Å². The van der Waals surface area contributed by atoms with Gasteiger partial charge in [-0.1, -0.05) is 12.1 Å². The van der Waals surface area contributed by atoms with Crippen LogP contribution in [0.25, 0.3) is 0 Å². The molecule has 5 heteroatoms. The molecule has 2 atom stereocenters. The van der Waals surface area contributed by atoms with Gasteiger partial charge in [0.05, 0.1) is 0 Å². The lowest BCUT2D eigenvalue weighted by Gasteiger charge is -2.29. The second-order valence-electron chi connectivity index (χ2n) is 3.74. The number of benzene rings is 1. The highest BCUT2D eigenvalue weighted by atomic mass is 31.2. The van der Waals surface area contributed by atoms with E-state index in [2.05, 4.69) is 5.32 Å². The van der Waals surface area contributed by atoms with E-state index in [1.165, 1.54) is 12.1 Å². The summed E-state index contributed by atoms with van der Waals surface area (Å²) in [5.41, 5.74) is 0.682. The van der Waals surface area contributed by atoms with Crippen LogP contribution in [0.2, 0.25) is 0 Å². The zero-order valence-electron chi connectivity index (χ0n) is 8.19. The molecule has 0 aromatic heterocycles. The Morgan fingerprint density at radius 3 is 2.67 bits per heavy atom. The Morgan fingerprint density at radius 1 is 1.40 bits per heavy atom. The Hall–Kier alpha value is -0.700. The van der Waals surface area contributed by atoms with Gasteiger partial charge in [0.2, 0.25) is 7.37 Å². The van der Waals surface area contributed by atoms with Gasteiger partial charge in [0.15, 0.2) is 0 Å². The van der Waals surface area contributed by atoms with Crippen molar-refractivity contribution in [2.45, 2.75) is 12.2 Å². The highest BCUT2D eigenvalue weighted by Gasteiger charge is 2.34. The molecule has 2 N–H and O–H groups in total. The van der Waals surface area contributed by atoms with Crippen molar-refractivity contribution in [3.05, 3.63) is 35.6 Å². The van der Waals surface area contributed by atoms with Crippen molar-refractivity contribution in [3.8, 4) is 0 Å². The second kappa shape index (κ2) is 4.05. The summed E-state index contributed by atoms with van der Waals surface area (Å²) >= 11 is 0. The monoisotopic (exact) mass is 229 g/mol. The summed E-state index contributed by atoms with van der Waals surface area (Å²) < 4.78 is 24.5. The van der Waals surface area contributed by atoms with Gasteiger partial charge in [0.25, 0.3) is 0 Å². The summed E-state index contributed by atoms with van der Waals surface area (Å²) in [4.78, 5) is 9.76. The minimum atomic E-state index is -3.17. The molecule has 1 aromatic rings. The topological polar surface area (TPSA) is 49.3 Å². The molecular weight excluding hydrogens is 216 g/mol. The highest BCUT2D eigenvalue weighted by Crippen LogP contribution is 2.55. The predicted molar refractivity (Wildman–Crippen MR) is 56.5 cm³/mol. The molecule has 0 saturated carbocycles. The van der Waals surface area contributed by atoms with Crippen LogP contribution in [0.5, 0.6) is 0 Å². The minimum absolute atomic E-state index is 0.331. The molecule has 1 aromatic carbocycles. The Kier molecular flexibility index (Phi) is 2.91. The molecule has 1 aliphatic rings. The lowest BCUT2D eigenvalue weighted by Crippen LogP contribution is -2.28. The summed E-state index contributed by atoms with van der Waals surface area (Å²) in [7, 11) is -3.17. The fourth-order valence-corrected chi connectivity index (χ4v) is 3.73. The first-order valence-corrected chi connectivity index (χ1v) is 6.81. The quantitative estimate of drug-likeness (QED) is 0.725. The third-order valence-corrected chi connectivity index (χ3v) is 4.83. The van der Waals surface area contributed by atoms with Crippen LogP contribution >= 0.6 is 7.37 Å². The number of hydrogen-bond acceptors (Lipinski definition) is 2. The van der Waals surface area contributed by atoms with Crippen molar-refractivity contribution in [3.63, 3.8) is 0 Å². The van der Waals surface area contributed by atoms with E-state index in [1.54, 1.807) is 12.1 Å². The average molecular weight is 229 g/mol. The highest BCUT2D eigenvalue weighted by molar-refractivity contribution is 7.58. The zero-order valence-corrected chi connectivity index (χ0v) is 9.08. The van der Waals surface area contributed by atoms with E-state index in [0.717, 1.165) is 6.54 Å². The van der Waals surface area contributed by atoms with Crippen LogP contribution < -0.4 is 5.32 Å². The number of halogens is 1. The van der Waals surface area contributed by atoms with Crippen LogP contribution in [0.15, 0.2) is 24.3 Å². The maximum absolute atomic E-state index is 12.7. The maximum atomic E-state index is 12.7. The van der Waals surface area contributed by atoms with Crippen LogP contribution in [0, 0.1) is 5.82 Å². The predicted octanol–water partition coefficient (Wildman–Crippen LogP) is 2.09. The van der Waals surface area contributed by atoms with Gasteiger partial charge in [-0.2, -0.15) is 0 Å². The van der Waals surface area contributed by atoms with Crippen LogP contribution in [0.1, 0.15) is 17.8 Å². The number of rotatable bonds is 1. The molecule has 1 aliphatic heterocycles. The van der Waals surface area contributed by atoms with Gasteiger partial charge < -0.3 is 10.2 Å². The fraction of sp³-hybridized carbons (Fsp3) is 0.400. The van der Waals surface area contributed by atoms with Crippen molar-refractivity contribution in [1.82, 2.24) is 5.32 Å². The standard InChI is InChI=1S/C10H13FNO2P/c11-9-4-2-8(3-5-9)10-12-6-1-7-15(10,13)14/h2-5,10,12H,1,6-7H2,(H,13,14). The Balaban J connectivity index is 2.29. The summed E-state index contributed by atoms with van der Waals surface area (Å²) in [6, 6.07) is 5.74. The van der Waals surface area contributed by atoms with Crippen LogP contribution in [-0.4, -0.2) is 17.6 Å². The first kappa shape index (κ1) is 10.8. The molecule has 82 valence electrons. The van der Waals surface area contributed by atoms with E-state index in [4.69, 9.17) is 0 Å². The molecule has 1 heterocycles. The van der Waals surface area contributed by atoms with Crippen molar-refractivity contribution in [1.29, 1.82) is 0 Å². The minimum Gasteiger partial charge on any atom is -0.343 e. The second-order valence-corrected chi connectivity index (χ2v) is 6.22. The van der Waals surface area contributed by atoms with Gasteiger partial charge in [-0.3, -0.25) is 4.57 Å². The average Bonchev–Trinajstić information content (AvgIpc) is 2.19. The molecule has 0 radical (unpaired) electrons. The van der Waals surface area contributed by atoms with Crippen molar-refractivity contribution in [2.75, 3.05) is 12.7 Å².